The van der Waals surface area contributed by atoms with Gasteiger partial charge in [0.25, 0.3) is 0 Å². The van der Waals surface area contributed by atoms with E-state index in [4.69, 9.17) is 4.74 Å². The molecule has 3 rings (SSSR count). The van der Waals surface area contributed by atoms with Crippen molar-refractivity contribution in [1.29, 1.82) is 0 Å². The molecule has 0 aliphatic carbocycles. The molecule has 144 valence electrons. The third-order valence-corrected chi connectivity index (χ3v) is 4.92. The van der Waals surface area contributed by atoms with Gasteiger partial charge in [0.15, 0.2) is 0 Å². The molecule has 0 spiro atoms. The molecule has 27 heavy (non-hydrogen) atoms. The second-order valence-electron chi connectivity index (χ2n) is 6.82. The van der Waals surface area contributed by atoms with E-state index in [1.807, 2.05) is 18.2 Å². The van der Waals surface area contributed by atoms with Gasteiger partial charge in [0.1, 0.15) is 0 Å². The predicted octanol–water partition coefficient (Wildman–Crippen LogP) is 1.68. The van der Waals surface area contributed by atoms with Crippen LogP contribution in [0.2, 0.25) is 0 Å². The molecule has 6 nitrogen and oxygen atoms in total. The summed E-state index contributed by atoms with van der Waals surface area (Å²) in [4.78, 5) is 26.8. The number of rotatable bonds is 8. The molecular formula is C21H27N3O3. The predicted molar refractivity (Wildman–Crippen MR) is 105 cm³/mol. The van der Waals surface area contributed by atoms with E-state index in [-0.39, 0.29) is 18.2 Å². The fourth-order valence-corrected chi connectivity index (χ4v) is 3.51. The van der Waals surface area contributed by atoms with E-state index in [1.165, 1.54) is 16.3 Å². The van der Waals surface area contributed by atoms with E-state index in [2.05, 4.69) is 39.8 Å². The zero-order valence-electron chi connectivity index (χ0n) is 15.7. The molecular weight excluding hydrogens is 342 g/mol. The number of methoxy groups -OCH3 is 1. The van der Waals surface area contributed by atoms with Gasteiger partial charge in [-0.1, -0.05) is 42.5 Å². The van der Waals surface area contributed by atoms with Crippen LogP contribution in [0, 0.1) is 0 Å². The van der Waals surface area contributed by atoms with Crippen molar-refractivity contribution in [2.45, 2.75) is 25.4 Å². The van der Waals surface area contributed by atoms with Gasteiger partial charge in [-0.2, -0.15) is 0 Å². The average molecular weight is 369 g/mol. The van der Waals surface area contributed by atoms with E-state index >= 15 is 0 Å². The van der Waals surface area contributed by atoms with Crippen LogP contribution in [0.3, 0.4) is 0 Å². The summed E-state index contributed by atoms with van der Waals surface area (Å²) in [6.45, 7) is 3.16. The van der Waals surface area contributed by atoms with Crippen molar-refractivity contribution in [1.82, 2.24) is 15.5 Å². The van der Waals surface area contributed by atoms with Crippen molar-refractivity contribution in [2.75, 3.05) is 33.4 Å². The SMILES string of the molecule is COCCCNC(=O)CC1C(=O)NCCN1Cc1cccc2ccccc12. The van der Waals surface area contributed by atoms with Crippen LogP contribution in [0.4, 0.5) is 0 Å². The van der Waals surface area contributed by atoms with Gasteiger partial charge in [-0.25, -0.2) is 0 Å². The Bertz CT molecular complexity index is 788. The van der Waals surface area contributed by atoms with Gasteiger partial charge in [0.05, 0.1) is 12.5 Å². The highest BCUT2D eigenvalue weighted by Crippen LogP contribution is 2.22. The molecule has 1 saturated heterocycles. The van der Waals surface area contributed by atoms with Gasteiger partial charge in [-0.3, -0.25) is 14.5 Å². The maximum absolute atomic E-state index is 12.4. The summed E-state index contributed by atoms with van der Waals surface area (Å²) < 4.78 is 4.99. The van der Waals surface area contributed by atoms with E-state index in [0.717, 1.165) is 13.0 Å². The molecule has 0 aromatic heterocycles. The van der Waals surface area contributed by atoms with Crippen LogP contribution in [-0.2, 0) is 20.9 Å². The number of piperazine rings is 1. The first kappa shape index (κ1) is 19.3. The molecule has 2 aromatic carbocycles. The third kappa shape index (κ3) is 5.05. The standard InChI is InChI=1S/C21H27N3O3/c1-27-13-5-10-22-20(25)14-19-21(26)23-11-12-24(19)15-17-8-4-7-16-6-2-3-9-18(16)17/h2-4,6-9,19H,5,10-15H2,1H3,(H,22,25)(H,23,26). The van der Waals surface area contributed by atoms with Gasteiger partial charge >= 0.3 is 0 Å². The number of amides is 2. The largest absolute Gasteiger partial charge is 0.385 e. The number of hydrogen-bond acceptors (Lipinski definition) is 4. The van der Waals surface area contributed by atoms with Crippen LogP contribution in [-0.4, -0.2) is 56.1 Å². The fourth-order valence-electron chi connectivity index (χ4n) is 3.51. The summed E-state index contributed by atoms with van der Waals surface area (Å²) in [7, 11) is 1.64. The highest BCUT2D eigenvalue weighted by atomic mass is 16.5. The fraction of sp³-hybridized carbons (Fsp3) is 0.429. The van der Waals surface area contributed by atoms with Crippen molar-refractivity contribution in [2.24, 2.45) is 0 Å². The molecule has 1 aliphatic heterocycles. The number of nitrogens with zero attached hydrogens (tertiary/aromatic N) is 1. The van der Waals surface area contributed by atoms with Gasteiger partial charge in [-0.05, 0) is 22.8 Å². The van der Waals surface area contributed by atoms with Crippen molar-refractivity contribution in [3.8, 4) is 0 Å². The maximum atomic E-state index is 12.4. The number of nitrogens with one attached hydrogen (secondary N) is 2. The van der Waals surface area contributed by atoms with Crippen LogP contribution in [0.5, 0.6) is 0 Å². The molecule has 0 radical (unpaired) electrons. The topological polar surface area (TPSA) is 70.7 Å². The zero-order valence-corrected chi connectivity index (χ0v) is 15.7. The van der Waals surface area contributed by atoms with Crippen molar-refractivity contribution < 1.29 is 14.3 Å². The average Bonchev–Trinajstić information content (AvgIpc) is 2.68. The Morgan fingerprint density at radius 3 is 2.93 bits per heavy atom. The van der Waals surface area contributed by atoms with Gasteiger partial charge in [-0.15, -0.1) is 0 Å². The van der Waals surface area contributed by atoms with Crippen molar-refractivity contribution in [3.05, 3.63) is 48.0 Å². The lowest BCUT2D eigenvalue weighted by Crippen LogP contribution is -2.56. The minimum atomic E-state index is -0.444. The number of carbonyl (C=O) groups is 2. The van der Waals surface area contributed by atoms with Crippen LogP contribution in [0.25, 0.3) is 10.8 Å². The van der Waals surface area contributed by atoms with E-state index < -0.39 is 6.04 Å². The molecule has 1 aliphatic rings. The van der Waals surface area contributed by atoms with Crippen molar-refractivity contribution >= 4 is 22.6 Å². The molecule has 0 bridgehead atoms. The lowest BCUT2D eigenvalue weighted by Gasteiger charge is -2.35. The molecule has 1 heterocycles. The van der Waals surface area contributed by atoms with Crippen LogP contribution in [0.15, 0.2) is 42.5 Å². The molecule has 2 aromatic rings. The molecule has 6 heteroatoms. The zero-order chi connectivity index (χ0) is 19.1. The summed E-state index contributed by atoms with van der Waals surface area (Å²) in [5.41, 5.74) is 1.17. The lowest BCUT2D eigenvalue weighted by atomic mass is 10.0. The Balaban J connectivity index is 1.68. The second kappa shape index (κ2) is 9.48. The Kier molecular flexibility index (Phi) is 6.79. The number of benzene rings is 2. The van der Waals surface area contributed by atoms with Crippen LogP contribution >= 0.6 is 0 Å². The van der Waals surface area contributed by atoms with E-state index in [9.17, 15) is 9.59 Å². The number of carbonyl (C=O) groups excluding carboxylic acids is 2. The number of ether oxygens (including phenoxy) is 1. The monoisotopic (exact) mass is 369 g/mol. The van der Waals surface area contributed by atoms with Gasteiger partial charge in [0.2, 0.25) is 11.8 Å². The second-order valence-corrected chi connectivity index (χ2v) is 6.82. The molecule has 2 amide bonds. The molecule has 1 unspecified atom stereocenters. The minimum absolute atomic E-state index is 0.0754. The Labute approximate surface area is 159 Å². The minimum Gasteiger partial charge on any atom is -0.385 e. The van der Waals surface area contributed by atoms with Crippen LogP contribution in [0.1, 0.15) is 18.4 Å². The Hall–Kier alpha value is -2.44. The van der Waals surface area contributed by atoms with Gasteiger partial charge in [0, 0.05) is 39.9 Å². The molecule has 1 atom stereocenters. The molecule has 1 fully saturated rings. The summed E-state index contributed by atoms with van der Waals surface area (Å²) in [6, 6.07) is 14.0. The van der Waals surface area contributed by atoms with E-state index in [1.54, 1.807) is 7.11 Å². The van der Waals surface area contributed by atoms with E-state index in [0.29, 0.717) is 26.2 Å². The smallest absolute Gasteiger partial charge is 0.237 e. The normalized spacial score (nSPS) is 17.7. The molecule has 2 N–H and O–H groups in total. The third-order valence-electron chi connectivity index (χ3n) is 4.92. The maximum Gasteiger partial charge on any atom is 0.237 e. The highest BCUT2D eigenvalue weighted by Gasteiger charge is 2.31. The first-order chi connectivity index (χ1) is 13.2. The number of hydrogen-bond donors (Lipinski definition) is 2. The Morgan fingerprint density at radius 2 is 2.07 bits per heavy atom. The van der Waals surface area contributed by atoms with Gasteiger partial charge < -0.3 is 15.4 Å². The number of fused-ring (bicyclic) bond motifs is 1. The summed E-state index contributed by atoms with van der Waals surface area (Å²) >= 11 is 0. The quantitative estimate of drug-likeness (QED) is 0.695. The summed E-state index contributed by atoms with van der Waals surface area (Å²) in [5, 5.41) is 8.13. The van der Waals surface area contributed by atoms with Crippen LogP contribution < -0.4 is 10.6 Å². The Morgan fingerprint density at radius 1 is 1.26 bits per heavy atom. The summed E-state index contributed by atoms with van der Waals surface area (Å²) in [5.74, 6) is -0.176. The first-order valence-corrected chi connectivity index (χ1v) is 9.43. The first-order valence-electron chi connectivity index (χ1n) is 9.43. The van der Waals surface area contributed by atoms with Crippen molar-refractivity contribution in [3.63, 3.8) is 0 Å². The highest BCUT2D eigenvalue weighted by molar-refractivity contribution is 5.89. The lowest BCUT2D eigenvalue weighted by molar-refractivity contribution is -0.134. The summed E-state index contributed by atoms with van der Waals surface area (Å²) in [6.07, 6.45) is 0.933. The molecule has 0 saturated carbocycles.